The van der Waals surface area contributed by atoms with Gasteiger partial charge in [-0.05, 0) is 30.7 Å². The summed E-state index contributed by atoms with van der Waals surface area (Å²) in [7, 11) is 1.61. The molecule has 0 saturated carbocycles. The third-order valence-electron chi connectivity index (χ3n) is 4.01. The first-order valence-corrected chi connectivity index (χ1v) is 8.91. The fourth-order valence-electron chi connectivity index (χ4n) is 2.53. The topological polar surface area (TPSA) is 86.5 Å². The van der Waals surface area contributed by atoms with E-state index in [2.05, 4.69) is 26.0 Å². The van der Waals surface area contributed by atoms with Crippen molar-refractivity contribution in [2.45, 2.75) is 20.1 Å². The van der Waals surface area contributed by atoms with Crippen LogP contribution in [0.25, 0.3) is 0 Å². The summed E-state index contributed by atoms with van der Waals surface area (Å²) < 4.78 is 13.3. The molecule has 0 spiro atoms. The van der Waals surface area contributed by atoms with Gasteiger partial charge in [0.2, 0.25) is 0 Å². The quantitative estimate of drug-likeness (QED) is 0.575. The maximum absolute atomic E-state index is 12.4. The number of aromatic hydroxyl groups is 1. The van der Waals surface area contributed by atoms with E-state index in [0.717, 1.165) is 21.3 Å². The Kier molecular flexibility index (Phi) is 5.75. The van der Waals surface area contributed by atoms with E-state index in [1.54, 1.807) is 13.2 Å². The Morgan fingerprint density at radius 2 is 2.11 bits per heavy atom. The van der Waals surface area contributed by atoms with E-state index in [4.69, 9.17) is 9.47 Å². The van der Waals surface area contributed by atoms with Crippen molar-refractivity contribution in [3.8, 4) is 17.2 Å². The molecule has 1 N–H and O–H groups in total. The number of phenols is 1. The monoisotopic (exact) mass is 431 g/mol. The van der Waals surface area contributed by atoms with Crippen LogP contribution in [0.4, 0.5) is 0 Å². The maximum atomic E-state index is 12.4. The van der Waals surface area contributed by atoms with Crippen molar-refractivity contribution in [2.75, 3.05) is 7.11 Å². The second kappa shape index (κ2) is 8.22. The van der Waals surface area contributed by atoms with Crippen LogP contribution >= 0.6 is 15.9 Å². The van der Waals surface area contributed by atoms with Crippen molar-refractivity contribution in [3.05, 3.63) is 64.1 Å². The van der Waals surface area contributed by atoms with E-state index in [0.29, 0.717) is 12.4 Å². The fraction of sp³-hybridized carbons (Fsp3) is 0.211. The number of ketones is 1. The Labute approximate surface area is 164 Å². The predicted octanol–water partition coefficient (Wildman–Crippen LogP) is 3.53. The van der Waals surface area contributed by atoms with Gasteiger partial charge in [-0.15, -0.1) is 0 Å². The summed E-state index contributed by atoms with van der Waals surface area (Å²) >= 11 is 3.49. The maximum Gasteiger partial charge on any atom is 0.188 e. The zero-order valence-electron chi connectivity index (χ0n) is 14.8. The van der Waals surface area contributed by atoms with Crippen LogP contribution in [-0.4, -0.2) is 32.8 Å². The van der Waals surface area contributed by atoms with Crippen LogP contribution in [0.3, 0.4) is 0 Å². The van der Waals surface area contributed by atoms with Gasteiger partial charge in [-0.1, -0.05) is 22.0 Å². The molecule has 0 fully saturated rings. The highest BCUT2D eigenvalue weighted by molar-refractivity contribution is 9.10. The lowest BCUT2D eigenvalue weighted by Crippen LogP contribution is -2.11. The molecule has 0 unspecified atom stereocenters. The van der Waals surface area contributed by atoms with E-state index in [-0.39, 0.29) is 23.6 Å². The second-order valence-corrected chi connectivity index (χ2v) is 6.75. The summed E-state index contributed by atoms with van der Waals surface area (Å²) in [5.41, 5.74) is 1.90. The van der Waals surface area contributed by atoms with Gasteiger partial charge < -0.3 is 14.6 Å². The van der Waals surface area contributed by atoms with Crippen LogP contribution in [0.1, 0.15) is 21.5 Å². The molecule has 140 valence electrons. The Morgan fingerprint density at radius 3 is 2.78 bits per heavy atom. The predicted molar refractivity (Wildman–Crippen MR) is 102 cm³/mol. The van der Waals surface area contributed by atoms with Crippen molar-refractivity contribution in [2.24, 2.45) is 0 Å². The number of phenolic OH excluding ortho intramolecular Hbond substituents is 1. The molecule has 0 amide bonds. The van der Waals surface area contributed by atoms with E-state index in [1.165, 1.54) is 23.4 Å². The van der Waals surface area contributed by atoms with Crippen LogP contribution in [0.2, 0.25) is 0 Å². The second-order valence-electron chi connectivity index (χ2n) is 5.90. The lowest BCUT2D eigenvalue weighted by atomic mass is 10.1. The molecule has 3 aromatic rings. The highest BCUT2D eigenvalue weighted by atomic mass is 79.9. The van der Waals surface area contributed by atoms with Gasteiger partial charge in [0.15, 0.2) is 5.78 Å². The van der Waals surface area contributed by atoms with Crippen molar-refractivity contribution >= 4 is 21.7 Å². The molecular formula is C19H18BrN3O4. The molecule has 0 aliphatic carbocycles. The largest absolute Gasteiger partial charge is 0.507 e. The Hall–Kier alpha value is -2.87. The van der Waals surface area contributed by atoms with Crippen LogP contribution in [0, 0.1) is 6.92 Å². The first-order chi connectivity index (χ1) is 13.0. The number of carbonyl (C=O) groups is 1. The summed E-state index contributed by atoms with van der Waals surface area (Å²) in [6.07, 6.45) is 2.80. The first kappa shape index (κ1) is 18.9. The van der Waals surface area contributed by atoms with Gasteiger partial charge in [0.25, 0.3) is 0 Å². The van der Waals surface area contributed by atoms with Gasteiger partial charge in [-0.25, -0.2) is 9.67 Å². The molecule has 0 atom stereocenters. The SMILES string of the molecule is COc1ccc(COc2cc(O)c(C(=O)Cn3cncn3)cc2C)c(Br)c1. The van der Waals surface area contributed by atoms with Gasteiger partial charge in [-0.2, -0.15) is 5.10 Å². The van der Waals surface area contributed by atoms with Gasteiger partial charge in [0.05, 0.1) is 12.7 Å². The third-order valence-corrected chi connectivity index (χ3v) is 4.75. The molecule has 27 heavy (non-hydrogen) atoms. The van der Waals surface area contributed by atoms with E-state index in [9.17, 15) is 9.90 Å². The van der Waals surface area contributed by atoms with Gasteiger partial charge in [0.1, 0.15) is 43.1 Å². The Balaban J connectivity index is 1.74. The number of halogens is 1. The number of benzene rings is 2. The van der Waals surface area contributed by atoms with Gasteiger partial charge in [0, 0.05) is 16.1 Å². The molecule has 0 radical (unpaired) electrons. The molecule has 0 bridgehead atoms. The number of Topliss-reactive ketones (excluding diaryl/α,β-unsaturated/α-hetero) is 1. The van der Waals surface area contributed by atoms with Gasteiger partial charge >= 0.3 is 0 Å². The van der Waals surface area contributed by atoms with Crippen LogP contribution in [0.5, 0.6) is 17.2 Å². The summed E-state index contributed by atoms with van der Waals surface area (Å²) in [5, 5.41) is 14.2. The van der Waals surface area contributed by atoms with Crippen molar-refractivity contribution < 1.29 is 19.4 Å². The number of aromatic nitrogens is 3. The smallest absolute Gasteiger partial charge is 0.188 e. The van der Waals surface area contributed by atoms with Gasteiger partial charge in [-0.3, -0.25) is 4.79 Å². The summed E-state index contributed by atoms with van der Waals surface area (Å²) in [6.45, 7) is 2.13. The zero-order valence-corrected chi connectivity index (χ0v) is 16.4. The number of carbonyl (C=O) groups excluding carboxylic acids is 1. The van der Waals surface area contributed by atoms with Crippen LogP contribution < -0.4 is 9.47 Å². The zero-order chi connectivity index (χ0) is 19.4. The Bertz CT molecular complexity index is 958. The molecule has 0 aliphatic heterocycles. The lowest BCUT2D eigenvalue weighted by molar-refractivity contribution is 0.0965. The molecule has 7 nitrogen and oxygen atoms in total. The molecular weight excluding hydrogens is 414 g/mol. The summed E-state index contributed by atoms with van der Waals surface area (Å²) in [5.74, 6) is 0.863. The number of hydrogen-bond acceptors (Lipinski definition) is 6. The summed E-state index contributed by atoms with van der Waals surface area (Å²) in [6, 6.07) is 8.68. The first-order valence-electron chi connectivity index (χ1n) is 8.12. The number of ether oxygens (including phenoxy) is 2. The average molecular weight is 432 g/mol. The fourth-order valence-corrected chi connectivity index (χ4v) is 3.00. The minimum Gasteiger partial charge on any atom is -0.507 e. The molecule has 0 saturated heterocycles. The molecule has 3 rings (SSSR count). The van der Waals surface area contributed by atoms with Crippen LogP contribution in [-0.2, 0) is 13.2 Å². The minimum absolute atomic E-state index is 0.00595. The summed E-state index contributed by atoms with van der Waals surface area (Å²) in [4.78, 5) is 16.2. The number of rotatable bonds is 7. The number of aryl methyl sites for hydroxylation is 1. The Morgan fingerprint density at radius 1 is 1.30 bits per heavy atom. The van der Waals surface area contributed by atoms with E-state index in [1.807, 2.05) is 25.1 Å². The molecule has 1 heterocycles. The molecule has 2 aromatic carbocycles. The standard InChI is InChI=1S/C19H18BrN3O4/c1-12-5-15(18(25)8-23-11-21-10-22-23)17(24)7-19(12)27-9-13-3-4-14(26-2)6-16(13)20/h3-7,10-11,24H,8-9H2,1-2H3. The lowest BCUT2D eigenvalue weighted by Gasteiger charge is -2.13. The van der Waals surface area contributed by atoms with Crippen molar-refractivity contribution in [1.82, 2.24) is 14.8 Å². The number of nitrogens with zero attached hydrogens (tertiary/aromatic N) is 3. The minimum atomic E-state index is -0.259. The highest BCUT2D eigenvalue weighted by Crippen LogP contribution is 2.30. The highest BCUT2D eigenvalue weighted by Gasteiger charge is 2.16. The number of hydrogen-bond donors (Lipinski definition) is 1. The van der Waals surface area contributed by atoms with Crippen molar-refractivity contribution in [3.63, 3.8) is 0 Å². The molecule has 8 heteroatoms. The molecule has 0 aliphatic rings. The average Bonchev–Trinajstić information content (AvgIpc) is 3.15. The van der Waals surface area contributed by atoms with E-state index < -0.39 is 0 Å². The normalized spacial score (nSPS) is 10.6. The van der Waals surface area contributed by atoms with Crippen molar-refractivity contribution in [1.29, 1.82) is 0 Å². The molecule has 1 aromatic heterocycles. The van der Waals surface area contributed by atoms with Crippen LogP contribution in [0.15, 0.2) is 47.5 Å². The number of methoxy groups -OCH3 is 1. The third kappa shape index (κ3) is 4.46. The van der Waals surface area contributed by atoms with E-state index >= 15 is 0 Å².